The number of pyridine rings is 1. The molecule has 0 radical (unpaired) electrons. The van der Waals surface area contributed by atoms with E-state index in [9.17, 15) is 18.3 Å². The van der Waals surface area contributed by atoms with E-state index in [1.165, 1.54) is 38.6 Å². The van der Waals surface area contributed by atoms with Crippen LogP contribution in [0.4, 0.5) is 10.7 Å². The van der Waals surface area contributed by atoms with E-state index in [4.69, 9.17) is 21.1 Å². The zero-order chi connectivity index (χ0) is 20.0. The molecule has 2 heterocycles. The number of aliphatic hydroxyl groups is 1. The number of aromatic nitrogens is 3. The topological polar surface area (TPSA) is 153 Å². The molecule has 2 aromatic heterocycles. The molecule has 2 rings (SSSR count). The van der Waals surface area contributed by atoms with Crippen molar-refractivity contribution in [2.45, 2.75) is 11.1 Å². The van der Waals surface area contributed by atoms with Crippen molar-refractivity contribution >= 4 is 33.6 Å². The number of sulfonamides is 1. The van der Waals surface area contributed by atoms with Crippen LogP contribution in [0.3, 0.4) is 0 Å². The number of methoxy groups -OCH3 is 2. The number of halogens is 1. The Morgan fingerprint density at radius 3 is 2.48 bits per heavy atom. The first kappa shape index (κ1) is 20.6. The van der Waals surface area contributed by atoms with Gasteiger partial charge in [-0.05, 0) is 6.07 Å². The maximum Gasteiger partial charge on any atom is 0.335 e. The number of alkyl halides is 1. The first-order valence-corrected chi connectivity index (χ1v) is 9.32. The number of ether oxygens (including phenoxy) is 2. The lowest BCUT2D eigenvalue weighted by Crippen LogP contribution is -2.36. The van der Waals surface area contributed by atoms with Gasteiger partial charge in [0.25, 0.3) is 10.0 Å². The number of hydrogen-bond donors (Lipinski definition) is 3. The molecular formula is C14H16ClN5O6S. The number of aliphatic hydroxyl groups excluding tert-OH is 1. The van der Waals surface area contributed by atoms with Gasteiger partial charge in [-0.1, -0.05) is 6.07 Å². The first-order chi connectivity index (χ1) is 12.8. The quantitative estimate of drug-likeness (QED) is 0.551. The van der Waals surface area contributed by atoms with Crippen LogP contribution in [0.15, 0.2) is 29.4 Å². The van der Waals surface area contributed by atoms with Gasteiger partial charge in [-0.15, -0.1) is 11.6 Å². The summed E-state index contributed by atoms with van der Waals surface area (Å²) in [5, 5.41) is 11.5. The zero-order valence-corrected chi connectivity index (χ0v) is 15.8. The van der Waals surface area contributed by atoms with E-state index in [1.807, 2.05) is 0 Å². The van der Waals surface area contributed by atoms with Gasteiger partial charge in [-0.2, -0.15) is 18.4 Å². The summed E-state index contributed by atoms with van der Waals surface area (Å²) in [7, 11) is -1.71. The van der Waals surface area contributed by atoms with Crippen molar-refractivity contribution in [2.75, 3.05) is 25.4 Å². The highest BCUT2D eigenvalue weighted by atomic mass is 35.5. The number of hydrogen-bond acceptors (Lipinski definition) is 9. The Kier molecular flexibility index (Phi) is 6.71. The summed E-state index contributed by atoms with van der Waals surface area (Å²) < 4.78 is 36.5. The smallest absolute Gasteiger partial charge is 0.335 e. The Morgan fingerprint density at radius 1 is 1.30 bits per heavy atom. The minimum Gasteiger partial charge on any atom is -0.481 e. The molecule has 0 spiro atoms. The van der Waals surface area contributed by atoms with Crippen LogP contribution in [-0.2, 0) is 10.0 Å². The lowest BCUT2D eigenvalue weighted by Gasteiger charge is -2.13. The van der Waals surface area contributed by atoms with Gasteiger partial charge in [-0.25, -0.2) is 14.5 Å². The number of nitrogens with zero attached hydrogens (tertiary/aromatic N) is 3. The zero-order valence-electron chi connectivity index (χ0n) is 14.2. The van der Waals surface area contributed by atoms with Gasteiger partial charge in [0.2, 0.25) is 17.7 Å². The molecule has 0 bridgehead atoms. The van der Waals surface area contributed by atoms with Gasteiger partial charge in [0.15, 0.2) is 5.03 Å². The summed E-state index contributed by atoms with van der Waals surface area (Å²) in [5.41, 5.74) is -0.0490. The van der Waals surface area contributed by atoms with E-state index in [2.05, 4.69) is 20.3 Å². The Bertz CT molecular complexity index is 904. The van der Waals surface area contributed by atoms with Gasteiger partial charge < -0.3 is 14.6 Å². The minimum absolute atomic E-state index is 0.0490. The second-order valence-electron chi connectivity index (χ2n) is 4.90. The van der Waals surface area contributed by atoms with Crippen molar-refractivity contribution in [3.8, 4) is 11.8 Å². The third kappa shape index (κ3) is 5.15. The molecule has 0 saturated heterocycles. The lowest BCUT2D eigenvalue weighted by atomic mass is 10.2. The Hall–Kier alpha value is -2.70. The molecule has 0 aliphatic heterocycles. The monoisotopic (exact) mass is 417 g/mol. The van der Waals surface area contributed by atoms with E-state index in [-0.39, 0.29) is 29.2 Å². The summed E-state index contributed by atoms with van der Waals surface area (Å²) in [5.74, 6) is -0.312. The van der Waals surface area contributed by atoms with Crippen molar-refractivity contribution in [3.63, 3.8) is 0 Å². The molecule has 0 aromatic carbocycles. The van der Waals surface area contributed by atoms with E-state index in [0.29, 0.717) is 0 Å². The van der Waals surface area contributed by atoms with Crippen molar-refractivity contribution < 1.29 is 27.8 Å². The summed E-state index contributed by atoms with van der Waals surface area (Å²) in [6, 6.07) is 2.98. The first-order valence-electron chi connectivity index (χ1n) is 7.30. The van der Waals surface area contributed by atoms with Crippen LogP contribution in [0.5, 0.6) is 11.8 Å². The molecule has 13 heteroatoms. The van der Waals surface area contributed by atoms with Crippen LogP contribution in [0, 0.1) is 0 Å². The molecule has 2 amide bonds. The summed E-state index contributed by atoms with van der Waals surface area (Å²) in [6.45, 7) is 0. The molecule has 1 unspecified atom stereocenters. The molecule has 3 N–H and O–H groups in total. The Morgan fingerprint density at radius 2 is 1.93 bits per heavy atom. The number of rotatable bonds is 7. The van der Waals surface area contributed by atoms with Crippen LogP contribution < -0.4 is 19.5 Å². The van der Waals surface area contributed by atoms with Gasteiger partial charge in [0.05, 0.1) is 32.3 Å². The number of nitrogens with one attached hydrogen (secondary N) is 2. The Labute approximate surface area is 159 Å². The van der Waals surface area contributed by atoms with E-state index in [1.54, 1.807) is 4.72 Å². The number of carbonyl (C=O) groups is 1. The van der Waals surface area contributed by atoms with Crippen molar-refractivity contribution in [2.24, 2.45) is 0 Å². The third-order valence-corrected chi connectivity index (χ3v) is 4.71. The molecule has 146 valence electrons. The molecule has 27 heavy (non-hydrogen) atoms. The molecule has 0 saturated carbocycles. The maximum atomic E-state index is 12.4. The average Bonchev–Trinajstić information content (AvgIpc) is 2.66. The molecule has 1 atom stereocenters. The number of carbonyl (C=O) groups excluding carboxylic acids is 1. The van der Waals surface area contributed by atoms with Crippen LogP contribution in [-0.4, -0.2) is 54.6 Å². The fraction of sp³-hybridized carbons (Fsp3) is 0.286. The van der Waals surface area contributed by atoms with Gasteiger partial charge in [-0.3, -0.25) is 5.32 Å². The second-order valence-corrected chi connectivity index (χ2v) is 6.81. The predicted octanol–water partition coefficient (Wildman–Crippen LogP) is 0.671. The summed E-state index contributed by atoms with van der Waals surface area (Å²) in [4.78, 5) is 23.5. The van der Waals surface area contributed by atoms with E-state index < -0.39 is 27.2 Å². The van der Waals surface area contributed by atoms with Crippen LogP contribution in [0.1, 0.15) is 11.7 Å². The highest BCUT2D eigenvalue weighted by Gasteiger charge is 2.26. The maximum absolute atomic E-state index is 12.4. The summed E-state index contributed by atoms with van der Waals surface area (Å²) >= 11 is 5.57. The van der Waals surface area contributed by atoms with Crippen LogP contribution >= 0.6 is 11.6 Å². The van der Waals surface area contributed by atoms with Crippen molar-refractivity contribution in [1.29, 1.82) is 0 Å². The highest BCUT2D eigenvalue weighted by Crippen LogP contribution is 2.21. The fourth-order valence-electron chi connectivity index (χ4n) is 1.93. The average molecular weight is 418 g/mol. The fourth-order valence-corrected chi connectivity index (χ4v) is 3.20. The molecule has 11 nitrogen and oxygen atoms in total. The van der Waals surface area contributed by atoms with E-state index >= 15 is 0 Å². The van der Waals surface area contributed by atoms with Gasteiger partial charge >= 0.3 is 6.03 Å². The van der Waals surface area contributed by atoms with Crippen LogP contribution in [0.2, 0.25) is 0 Å². The normalized spacial score (nSPS) is 12.1. The molecule has 0 fully saturated rings. The number of anilines is 1. The van der Waals surface area contributed by atoms with Gasteiger partial charge in [0.1, 0.15) is 0 Å². The summed E-state index contributed by atoms with van der Waals surface area (Å²) in [6.07, 6.45) is -0.0755. The predicted molar refractivity (Wildman–Crippen MR) is 94.4 cm³/mol. The standard InChI is InChI=1S/C14H16ClN5O6S/c1-25-10-6-11(26-2)18-13(17-10)19-14(22)20-27(23,24)12-8(9(21)7-15)4-3-5-16-12/h3-6,9,21H,7H2,1-2H3,(H2,17,18,19,20,22). The largest absolute Gasteiger partial charge is 0.481 e. The molecule has 0 aliphatic rings. The van der Waals surface area contributed by atoms with E-state index in [0.717, 1.165) is 0 Å². The van der Waals surface area contributed by atoms with Crippen molar-refractivity contribution in [1.82, 2.24) is 19.7 Å². The molecular weight excluding hydrogens is 402 g/mol. The van der Waals surface area contributed by atoms with Crippen LogP contribution in [0.25, 0.3) is 0 Å². The third-order valence-electron chi connectivity index (χ3n) is 3.11. The number of urea groups is 1. The second kappa shape index (κ2) is 8.79. The van der Waals surface area contributed by atoms with Gasteiger partial charge in [0, 0.05) is 11.8 Å². The SMILES string of the molecule is COc1cc(OC)nc(NC(=O)NS(=O)(=O)c2ncccc2C(O)CCl)n1. The molecule has 0 aliphatic carbocycles. The highest BCUT2D eigenvalue weighted by molar-refractivity contribution is 7.90. The lowest BCUT2D eigenvalue weighted by molar-refractivity contribution is 0.198. The minimum atomic E-state index is -4.41. The number of amides is 2. The molecule has 2 aromatic rings. The van der Waals surface area contributed by atoms with Crippen molar-refractivity contribution in [3.05, 3.63) is 30.0 Å². The Balaban J connectivity index is 2.23.